The van der Waals surface area contributed by atoms with Gasteiger partial charge in [0, 0.05) is 29.2 Å². The highest BCUT2D eigenvalue weighted by molar-refractivity contribution is 6.30. The minimum atomic E-state index is -0.430. The molecule has 0 aliphatic carbocycles. The molecule has 156 valence electrons. The van der Waals surface area contributed by atoms with Gasteiger partial charge in [0.2, 0.25) is 5.91 Å². The quantitative estimate of drug-likeness (QED) is 0.691. The van der Waals surface area contributed by atoms with E-state index in [2.05, 4.69) is 21.3 Å². The first kappa shape index (κ1) is 21.8. The molecular weight excluding hydrogens is 382 g/mol. The van der Waals surface area contributed by atoms with Gasteiger partial charge in [-0.3, -0.25) is 14.7 Å². The number of hydrogen-bond donors (Lipinski definition) is 1. The highest BCUT2D eigenvalue weighted by Gasteiger charge is 2.30. The lowest BCUT2D eigenvalue weighted by atomic mass is 9.91. The van der Waals surface area contributed by atoms with Crippen molar-refractivity contribution in [3.05, 3.63) is 64.9 Å². The van der Waals surface area contributed by atoms with E-state index >= 15 is 0 Å². The summed E-state index contributed by atoms with van der Waals surface area (Å²) in [6.07, 6.45) is 6.23. The van der Waals surface area contributed by atoms with Gasteiger partial charge in [0.1, 0.15) is 0 Å². The maximum atomic E-state index is 12.7. The van der Waals surface area contributed by atoms with Crippen LogP contribution >= 0.6 is 11.6 Å². The number of amides is 1. The summed E-state index contributed by atoms with van der Waals surface area (Å²) >= 11 is 6.19. The van der Waals surface area contributed by atoms with E-state index in [0.29, 0.717) is 6.04 Å². The molecule has 1 amide bonds. The van der Waals surface area contributed by atoms with Gasteiger partial charge < -0.3 is 5.32 Å². The molecule has 2 atom stereocenters. The van der Waals surface area contributed by atoms with Crippen LogP contribution in [0.15, 0.2) is 48.7 Å². The van der Waals surface area contributed by atoms with E-state index in [-0.39, 0.29) is 11.9 Å². The molecule has 1 saturated heterocycles. The number of benzene rings is 1. The Balaban J connectivity index is 1.77. The van der Waals surface area contributed by atoms with Crippen molar-refractivity contribution in [3.63, 3.8) is 0 Å². The number of rotatable bonds is 6. The van der Waals surface area contributed by atoms with Crippen LogP contribution in [0.3, 0.4) is 0 Å². The Kier molecular flexibility index (Phi) is 7.31. The molecule has 5 heteroatoms. The Morgan fingerprint density at radius 1 is 1.24 bits per heavy atom. The maximum absolute atomic E-state index is 12.7. The minimum absolute atomic E-state index is 0.0605. The molecule has 3 rings (SSSR count). The number of halogens is 1. The van der Waals surface area contributed by atoms with Crippen molar-refractivity contribution in [2.75, 3.05) is 6.54 Å². The molecule has 1 N–H and O–H groups in total. The summed E-state index contributed by atoms with van der Waals surface area (Å²) in [5, 5.41) is 4.04. The van der Waals surface area contributed by atoms with E-state index in [1.165, 1.54) is 18.4 Å². The summed E-state index contributed by atoms with van der Waals surface area (Å²) in [6.45, 7) is 7.80. The maximum Gasteiger partial charge on any atom is 0.225 e. The predicted octanol–water partition coefficient (Wildman–Crippen LogP) is 5.38. The first-order valence-electron chi connectivity index (χ1n) is 10.5. The second-order valence-electron chi connectivity index (χ2n) is 9.02. The summed E-state index contributed by atoms with van der Waals surface area (Å²) in [5.74, 6) is 0.0605. The predicted molar refractivity (Wildman–Crippen MR) is 119 cm³/mol. The smallest absolute Gasteiger partial charge is 0.225 e. The molecule has 2 heterocycles. The number of nitrogens with one attached hydrogen (secondary N) is 1. The number of aromatic nitrogens is 1. The van der Waals surface area contributed by atoms with E-state index in [9.17, 15) is 4.79 Å². The molecule has 0 bridgehead atoms. The lowest BCUT2D eigenvalue weighted by molar-refractivity contribution is -0.129. The third-order valence-corrected chi connectivity index (χ3v) is 5.80. The monoisotopic (exact) mass is 413 g/mol. The van der Waals surface area contributed by atoms with Crippen LogP contribution < -0.4 is 5.32 Å². The standard InChI is InChI=1S/C24H32ClN3O/c1-24(2,3)23(29)27-22(21-12-4-6-13-26-21)16-20-11-5-7-14-28(20)17-18-9-8-10-19(25)15-18/h4,6,8-10,12-13,15,20,22H,5,7,11,14,16-17H2,1-3H3,(H,27,29). The average molecular weight is 414 g/mol. The molecule has 0 radical (unpaired) electrons. The molecule has 1 aliphatic rings. The fourth-order valence-corrected chi connectivity index (χ4v) is 4.10. The fourth-order valence-electron chi connectivity index (χ4n) is 3.89. The fraction of sp³-hybridized carbons (Fsp3) is 0.500. The Hall–Kier alpha value is -1.91. The van der Waals surface area contributed by atoms with Crippen LogP contribution in [-0.2, 0) is 11.3 Å². The number of likely N-dealkylation sites (tertiary alicyclic amines) is 1. The SMILES string of the molecule is CC(C)(C)C(=O)NC(CC1CCCCN1Cc1cccc(Cl)c1)c1ccccn1. The zero-order chi connectivity index (χ0) is 20.9. The van der Waals surface area contributed by atoms with Crippen LogP contribution in [0, 0.1) is 5.41 Å². The summed E-state index contributed by atoms with van der Waals surface area (Å²) in [7, 11) is 0. The molecule has 1 aromatic heterocycles. The topological polar surface area (TPSA) is 45.2 Å². The molecular formula is C24H32ClN3O. The largest absolute Gasteiger partial charge is 0.347 e. The first-order valence-corrected chi connectivity index (χ1v) is 10.9. The van der Waals surface area contributed by atoms with Gasteiger partial charge in [-0.25, -0.2) is 0 Å². The zero-order valence-electron chi connectivity index (χ0n) is 17.7. The van der Waals surface area contributed by atoms with Gasteiger partial charge in [0.15, 0.2) is 0 Å². The number of hydrogen-bond acceptors (Lipinski definition) is 3. The molecule has 2 aromatic rings. The Bertz CT molecular complexity index is 803. The van der Waals surface area contributed by atoms with Gasteiger partial charge in [0.25, 0.3) is 0 Å². The van der Waals surface area contributed by atoms with Crippen LogP contribution in [0.4, 0.5) is 0 Å². The van der Waals surface area contributed by atoms with Crippen LogP contribution in [0.25, 0.3) is 0 Å². The van der Waals surface area contributed by atoms with Crippen LogP contribution in [0.5, 0.6) is 0 Å². The van der Waals surface area contributed by atoms with Crippen molar-refractivity contribution in [1.29, 1.82) is 0 Å². The summed E-state index contributed by atoms with van der Waals surface area (Å²) in [4.78, 5) is 19.8. The normalized spacial score (nSPS) is 19.0. The molecule has 29 heavy (non-hydrogen) atoms. The van der Waals surface area contributed by atoms with Crippen molar-refractivity contribution in [3.8, 4) is 0 Å². The molecule has 1 fully saturated rings. The van der Waals surface area contributed by atoms with Crippen LogP contribution in [-0.4, -0.2) is 28.4 Å². The third kappa shape index (κ3) is 6.28. The van der Waals surface area contributed by atoms with Gasteiger partial charge in [-0.2, -0.15) is 0 Å². The molecule has 1 aliphatic heterocycles. The highest BCUT2D eigenvalue weighted by Crippen LogP contribution is 2.29. The summed E-state index contributed by atoms with van der Waals surface area (Å²) < 4.78 is 0. The molecule has 4 nitrogen and oxygen atoms in total. The van der Waals surface area contributed by atoms with E-state index in [0.717, 1.165) is 36.6 Å². The second kappa shape index (κ2) is 9.73. The van der Waals surface area contributed by atoms with E-state index in [1.807, 2.05) is 57.2 Å². The number of nitrogens with zero attached hydrogens (tertiary/aromatic N) is 2. The molecule has 0 saturated carbocycles. The van der Waals surface area contributed by atoms with Gasteiger partial charge in [-0.15, -0.1) is 0 Å². The number of pyridine rings is 1. The number of carbonyl (C=O) groups is 1. The third-order valence-electron chi connectivity index (χ3n) is 5.56. The Morgan fingerprint density at radius 2 is 2.07 bits per heavy atom. The van der Waals surface area contributed by atoms with Gasteiger partial charge >= 0.3 is 0 Å². The van der Waals surface area contributed by atoms with E-state index < -0.39 is 5.41 Å². The Labute approximate surface area is 179 Å². The molecule has 2 unspecified atom stereocenters. The molecule has 0 spiro atoms. The van der Waals surface area contributed by atoms with Crippen molar-refractivity contribution in [2.24, 2.45) is 5.41 Å². The summed E-state index contributed by atoms with van der Waals surface area (Å²) in [6, 6.07) is 14.3. The highest BCUT2D eigenvalue weighted by atomic mass is 35.5. The summed E-state index contributed by atoms with van der Waals surface area (Å²) in [5.41, 5.74) is 1.73. The van der Waals surface area contributed by atoms with Crippen molar-refractivity contribution in [2.45, 2.75) is 65.1 Å². The lowest BCUT2D eigenvalue weighted by Gasteiger charge is -2.38. The second-order valence-corrected chi connectivity index (χ2v) is 9.45. The first-order chi connectivity index (χ1) is 13.8. The molecule has 1 aromatic carbocycles. The average Bonchev–Trinajstić information content (AvgIpc) is 2.69. The van der Waals surface area contributed by atoms with Gasteiger partial charge in [-0.05, 0) is 55.6 Å². The van der Waals surface area contributed by atoms with E-state index in [1.54, 1.807) is 6.20 Å². The zero-order valence-corrected chi connectivity index (χ0v) is 18.5. The number of carbonyl (C=O) groups excluding carboxylic acids is 1. The van der Waals surface area contributed by atoms with E-state index in [4.69, 9.17) is 11.6 Å². The van der Waals surface area contributed by atoms with Gasteiger partial charge in [0.05, 0.1) is 11.7 Å². The van der Waals surface area contributed by atoms with Crippen LogP contribution in [0.2, 0.25) is 5.02 Å². The minimum Gasteiger partial charge on any atom is -0.347 e. The van der Waals surface area contributed by atoms with Crippen LogP contribution in [0.1, 0.15) is 63.8 Å². The van der Waals surface area contributed by atoms with Gasteiger partial charge in [-0.1, -0.05) is 57.0 Å². The number of piperidine rings is 1. The van der Waals surface area contributed by atoms with Crippen molar-refractivity contribution < 1.29 is 4.79 Å². The van der Waals surface area contributed by atoms with Crippen molar-refractivity contribution in [1.82, 2.24) is 15.2 Å². The lowest BCUT2D eigenvalue weighted by Crippen LogP contribution is -2.44. The van der Waals surface area contributed by atoms with Crippen molar-refractivity contribution >= 4 is 17.5 Å². The Morgan fingerprint density at radius 3 is 2.76 bits per heavy atom.